The molecule has 1 unspecified atom stereocenters. The van der Waals surface area contributed by atoms with E-state index in [1.54, 1.807) is 30.3 Å². The minimum absolute atomic E-state index is 0.108. The molecule has 0 saturated carbocycles. The van der Waals surface area contributed by atoms with Crippen LogP contribution < -0.4 is 9.80 Å². The number of piperazine rings is 1. The molecule has 3 amide bonds. The van der Waals surface area contributed by atoms with E-state index in [9.17, 15) is 18.8 Å². The standard InChI is InChI=1S/C31H30ClFN4O3/c32-26-8-2-1-5-21(26)20-37-30(39)25-7-3-9-27(28(25)31(37)40)36-14-4-6-22(19-36)29(38)35-17-15-34(16-18-35)24-12-10-23(33)11-13-24/h1-3,5,7-13,22H,4,6,14-20H2. The summed E-state index contributed by atoms with van der Waals surface area (Å²) < 4.78 is 13.3. The fourth-order valence-electron chi connectivity index (χ4n) is 6.01. The van der Waals surface area contributed by atoms with E-state index in [0.29, 0.717) is 66.7 Å². The highest BCUT2D eigenvalue weighted by Gasteiger charge is 2.40. The number of carbonyl (C=O) groups is 3. The van der Waals surface area contributed by atoms with Crippen LogP contribution in [0, 0.1) is 11.7 Å². The second-order valence-corrected chi connectivity index (χ2v) is 11.0. The Labute approximate surface area is 237 Å². The average molecular weight is 561 g/mol. The summed E-state index contributed by atoms with van der Waals surface area (Å²) >= 11 is 6.31. The van der Waals surface area contributed by atoms with Crippen LogP contribution >= 0.6 is 11.6 Å². The zero-order valence-electron chi connectivity index (χ0n) is 22.1. The maximum Gasteiger partial charge on any atom is 0.263 e. The van der Waals surface area contributed by atoms with Gasteiger partial charge in [0.25, 0.3) is 11.8 Å². The van der Waals surface area contributed by atoms with Gasteiger partial charge in [0.1, 0.15) is 5.82 Å². The second-order valence-electron chi connectivity index (χ2n) is 10.6. The van der Waals surface area contributed by atoms with Crippen molar-refractivity contribution in [3.63, 3.8) is 0 Å². The molecule has 3 aromatic carbocycles. The summed E-state index contributed by atoms with van der Waals surface area (Å²) in [7, 11) is 0. The van der Waals surface area contributed by atoms with Gasteiger partial charge in [-0.2, -0.15) is 0 Å². The summed E-state index contributed by atoms with van der Waals surface area (Å²) in [5.74, 6) is -0.985. The van der Waals surface area contributed by atoms with Crippen LogP contribution in [0.25, 0.3) is 0 Å². The molecule has 0 aromatic heterocycles. The number of hydrogen-bond acceptors (Lipinski definition) is 5. The van der Waals surface area contributed by atoms with E-state index >= 15 is 0 Å². The molecular weight excluding hydrogens is 531 g/mol. The first kappa shape index (κ1) is 26.3. The molecule has 3 heterocycles. The molecule has 3 aromatic rings. The van der Waals surface area contributed by atoms with E-state index in [1.807, 2.05) is 29.2 Å². The highest BCUT2D eigenvalue weighted by atomic mass is 35.5. The van der Waals surface area contributed by atoms with E-state index in [4.69, 9.17) is 11.6 Å². The van der Waals surface area contributed by atoms with Crippen LogP contribution in [-0.4, -0.2) is 66.8 Å². The van der Waals surface area contributed by atoms with Gasteiger partial charge in [-0.05, 0) is 60.9 Å². The number of benzene rings is 3. The highest BCUT2D eigenvalue weighted by molar-refractivity contribution is 6.31. The molecule has 7 nitrogen and oxygen atoms in total. The predicted molar refractivity (Wildman–Crippen MR) is 152 cm³/mol. The first-order valence-electron chi connectivity index (χ1n) is 13.7. The lowest BCUT2D eigenvalue weighted by molar-refractivity contribution is -0.136. The smallest absolute Gasteiger partial charge is 0.263 e. The Kier molecular flexibility index (Phi) is 7.19. The molecule has 0 N–H and O–H groups in total. The Balaban J connectivity index is 1.14. The summed E-state index contributed by atoms with van der Waals surface area (Å²) in [6.45, 7) is 3.92. The molecule has 0 radical (unpaired) electrons. The lowest BCUT2D eigenvalue weighted by Gasteiger charge is -2.40. The molecule has 0 spiro atoms. The lowest BCUT2D eigenvalue weighted by atomic mass is 9.94. The van der Waals surface area contributed by atoms with Crippen molar-refractivity contribution in [1.82, 2.24) is 9.80 Å². The zero-order valence-corrected chi connectivity index (χ0v) is 22.8. The van der Waals surface area contributed by atoms with Gasteiger partial charge in [0.2, 0.25) is 5.91 Å². The number of rotatable bonds is 5. The number of amides is 3. The first-order valence-corrected chi connectivity index (χ1v) is 14.1. The van der Waals surface area contributed by atoms with Crippen LogP contribution in [0.3, 0.4) is 0 Å². The topological polar surface area (TPSA) is 64.2 Å². The molecule has 206 valence electrons. The zero-order chi connectivity index (χ0) is 27.8. The fourth-order valence-corrected chi connectivity index (χ4v) is 6.21. The molecule has 3 aliphatic rings. The predicted octanol–water partition coefficient (Wildman–Crippen LogP) is 4.84. The van der Waals surface area contributed by atoms with Crippen molar-refractivity contribution in [2.24, 2.45) is 5.92 Å². The highest BCUT2D eigenvalue weighted by Crippen LogP contribution is 2.35. The summed E-state index contributed by atoms with van der Waals surface area (Å²) in [5.41, 5.74) is 3.16. The third-order valence-corrected chi connectivity index (χ3v) is 8.53. The number of piperidine rings is 1. The Morgan fingerprint density at radius 2 is 1.60 bits per heavy atom. The third kappa shape index (κ3) is 4.92. The van der Waals surface area contributed by atoms with Gasteiger partial charge in [0.15, 0.2) is 0 Å². The summed E-state index contributed by atoms with van der Waals surface area (Å²) in [5, 5.41) is 0.509. The summed E-state index contributed by atoms with van der Waals surface area (Å²) in [6.07, 6.45) is 1.61. The quantitative estimate of drug-likeness (QED) is 0.418. The number of halogens is 2. The third-order valence-electron chi connectivity index (χ3n) is 8.16. The molecule has 2 fully saturated rings. The lowest BCUT2D eigenvalue weighted by Crippen LogP contribution is -2.52. The SMILES string of the molecule is O=C(C1CCCN(c2cccc3c2C(=O)N(Cc2ccccc2Cl)C3=O)C1)N1CCN(c2ccc(F)cc2)CC1. The largest absolute Gasteiger partial charge is 0.370 e. The van der Waals surface area contributed by atoms with Gasteiger partial charge in [0.05, 0.1) is 29.3 Å². The second kappa shape index (κ2) is 10.9. The number of fused-ring (bicyclic) bond motifs is 1. The van der Waals surface area contributed by atoms with Crippen LogP contribution in [0.5, 0.6) is 0 Å². The van der Waals surface area contributed by atoms with Crippen LogP contribution in [-0.2, 0) is 11.3 Å². The van der Waals surface area contributed by atoms with Crippen LogP contribution in [0.2, 0.25) is 5.02 Å². The molecule has 1 atom stereocenters. The van der Waals surface area contributed by atoms with E-state index in [1.165, 1.54) is 17.0 Å². The van der Waals surface area contributed by atoms with Crippen LogP contribution in [0.4, 0.5) is 15.8 Å². The van der Waals surface area contributed by atoms with Crippen molar-refractivity contribution in [3.05, 3.63) is 94.3 Å². The Hall–Kier alpha value is -3.91. The van der Waals surface area contributed by atoms with Gasteiger partial charge in [-0.3, -0.25) is 19.3 Å². The maximum atomic E-state index is 13.6. The van der Waals surface area contributed by atoms with Crippen LogP contribution in [0.15, 0.2) is 66.7 Å². The van der Waals surface area contributed by atoms with Crippen molar-refractivity contribution < 1.29 is 18.8 Å². The van der Waals surface area contributed by atoms with Crippen molar-refractivity contribution in [2.75, 3.05) is 49.1 Å². The number of carbonyl (C=O) groups excluding carboxylic acids is 3. The normalized spacial score (nSPS) is 19.3. The van der Waals surface area contributed by atoms with Crippen molar-refractivity contribution in [3.8, 4) is 0 Å². The molecule has 0 aliphatic carbocycles. The first-order chi connectivity index (χ1) is 19.4. The number of nitrogens with zero attached hydrogens (tertiary/aromatic N) is 4. The van der Waals surface area contributed by atoms with Gasteiger partial charge in [-0.15, -0.1) is 0 Å². The van der Waals surface area contributed by atoms with Crippen LogP contribution in [0.1, 0.15) is 39.1 Å². The molecule has 0 bridgehead atoms. The average Bonchev–Trinajstić information content (AvgIpc) is 3.23. The molecule has 3 aliphatic heterocycles. The summed E-state index contributed by atoms with van der Waals surface area (Å²) in [4.78, 5) is 47.8. The minimum Gasteiger partial charge on any atom is -0.370 e. The van der Waals surface area contributed by atoms with E-state index in [0.717, 1.165) is 18.5 Å². The van der Waals surface area contributed by atoms with Gasteiger partial charge < -0.3 is 14.7 Å². The fraction of sp³-hybridized carbons (Fsp3) is 0.323. The van der Waals surface area contributed by atoms with E-state index in [-0.39, 0.29) is 36.0 Å². The Morgan fingerprint density at radius 1 is 0.850 bits per heavy atom. The minimum atomic E-state index is -0.333. The van der Waals surface area contributed by atoms with Crippen molar-refractivity contribution >= 4 is 40.7 Å². The van der Waals surface area contributed by atoms with Gasteiger partial charge >= 0.3 is 0 Å². The monoisotopic (exact) mass is 560 g/mol. The van der Waals surface area contributed by atoms with Gasteiger partial charge in [-0.25, -0.2) is 4.39 Å². The number of hydrogen-bond donors (Lipinski definition) is 0. The summed E-state index contributed by atoms with van der Waals surface area (Å²) in [6, 6.07) is 19.0. The maximum absolute atomic E-state index is 13.6. The van der Waals surface area contributed by atoms with Crippen molar-refractivity contribution in [1.29, 1.82) is 0 Å². The number of anilines is 2. The van der Waals surface area contributed by atoms with Crippen molar-refractivity contribution in [2.45, 2.75) is 19.4 Å². The molecule has 2 saturated heterocycles. The van der Waals surface area contributed by atoms with E-state index < -0.39 is 0 Å². The van der Waals surface area contributed by atoms with E-state index in [2.05, 4.69) is 9.80 Å². The molecule has 9 heteroatoms. The van der Waals surface area contributed by atoms with Gasteiger partial charge in [-0.1, -0.05) is 35.9 Å². The Morgan fingerprint density at radius 3 is 2.35 bits per heavy atom. The molecule has 40 heavy (non-hydrogen) atoms. The number of imide groups is 1. The molecular formula is C31H30ClFN4O3. The Bertz CT molecular complexity index is 1460. The van der Waals surface area contributed by atoms with Gasteiger partial charge in [0, 0.05) is 50.0 Å². The molecule has 6 rings (SSSR count).